The van der Waals surface area contributed by atoms with Crippen LogP contribution in [0, 0.1) is 18.6 Å². The zero-order chi connectivity index (χ0) is 15.0. The summed E-state index contributed by atoms with van der Waals surface area (Å²) in [5.41, 5.74) is 2.28. The van der Waals surface area contributed by atoms with E-state index in [0.29, 0.717) is 5.56 Å². The molecule has 0 saturated carbocycles. The van der Waals surface area contributed by atoms with Crippen molar-refractivity contribution in [2.24, 2.45) is 0 Å². The van der Waals surface area contributed by atoms with Crippen molar-refractivity contribution in [3.63, 3.8) is 0 Å². The number of aryl methyl sites for hydroxylation is 1. The molecule has 0 aliphatic heterocycles. The van der Waals surface area contributed by atoms with Gasteiger partial charge in [0.05, 0.1) is 5.56 Å². The van der Waals surface area contributed by atoms with Crippen LogP contribution in [0.4, 0.5) is 14.5 Å². The molecule has 5 heteroatoms. The summed E-state index contributed by atoms with van der Waals surface area (Å²) in [5, 5.41) is 3.37. The molecule has 0 atom stereocenters. The van der Waals surface area contributed by atoms with E-state index in [4.69, 9.17) is 0 Å². The van der Waals surface area contributed by atoms with E-state index in [2.05, 4.69) is 10.3 Å². The molecule has 3 nitrogen and oxygen atoms in total. The number of carbonyl (C=O) groups is 1. The summed E-state index contributed by atoms with van der Waals surface area (Å²) in [5.74, 6) is -2.31. The van der Waals surface area contributed by atoms with Gasteiger partial charge in [0.1, 0.15) is 0 Å². The van der Waals surface area contributed by atoms with Crippen LogP contribution >= 0.6 is 0 Å². The number of anilines is 1. The van der Waals surface area contributed by atoms with Crippen LogP contribution < -0.4 is 5.32 Å². The van der Waals surface area contributed by atoms with Gasteiger partial charge in [-0.15, -0.1) is 0 Å². The van der Waals surface area contributed by atoms with Gasteiger partial charge in [-0.25, -0.2) is 8.78 Å². The van der Waals surface area contributed by atoms with Gasteiger partial charge in [-0.3, -0.25) is 4.79 Å². The first-order chi connectivity index (χ1) is 10.1. The highest BCUT2D eigenvalue weighted by Gasteiger charge is 2.16. The van der Waals surface area contributed by atoms with Crippen molar-refractivity contribution in [2.75, 3.05) is 5.32 Å². The van der Waals surface area contributed by atoms with Gasteiger partial charge >= 0.3 is 0 Å². The summed E-state index contributed by atoms with van der Waals surface area (Å²) in [7, 11) is 0. The number of carbonyl (C=O) groups excluding carboxylic acids is 1. The Bertz CT molecular complexity index is 839. The number of aromatic amines is 1. The highest BCUT2D eigenvalue weighted by Crippen LogP contribution is 2.23. The summed E-state index contributed by atoms with van der Waals surface area (Å²) in [6.07, 6.45) is 0. The van der Waals surface area contributed by atoms with E-state index in [1.165, 1.54) is 6.07 Å². The molecule has 3 aromatic rings. The van der Waals surface area contributed by atoms with Crippen LogP contribution in [0.15, 0.2) is 42.5 Å². The lowest BCUT2D eigenvalue weighted by Gasteiger charge is -2.06. The molecule has 0 unspecified atom stereocenters. The molecule has 0 fully saturated rings. The number of hydrogen-bond donors (Lipinski definition) is 2. The second-order valence-corrected chi connectivity index (χ2v) is 4.75. The maximum absolute atomic E-state index is 13.2. The molecule has 1 heterocycles. The zero-order valence-electron chi connectivity index (χ0n) is 11.2. The normalized spacial score (nSPS) is 10.8. The number of benzene rings is 2. The van der Waals surface area contributed by atoms with E-state index >= 15 is 0 Å². The topological polar surface area (TPSA) is 44.9 Å². The van der Waals surface area contributed by atoms with E-state index in [0.717, 1.165) is 28.7 Å². The molecule has 0 saturated heterocycles. The van der Waals surface area contributed by atoms with Crippen molar-refractivity contribution >= 4 is 22.5 Å². The number of nitrogens with one attached hydrogen (secondary N) is 2. The fourth-order valence-corrected chi connectivity index (χ4v) is 2.34. The van der Waals surface area contributed by atoms with Gasteiger partial charge in [-0.2, -0.15) is 0 Å². The highest BCUT2D eigenvalue weighted by atomic mass is 19.2. The van der Waals surface area contributed by atoms with E-state index in [-0.39, 0.29) is 11.6 Å². The largest absolute Gasteiger partial charge is 0.358 e. The van der Waals surface area contributed by atoms with Gasteiger partial charge in [0.15, 0.2) is 11.6 Å². The smallest absolute Gasteiger partial charge is 0.258 e. The molecule has 2 aromatic carbocycles. The third-order valence-electron chi connectivity index (χ3n) is 3.30. The Morgan fingerprint density at radius 1 is 1.10 bits per heavy atom. The first-order valence-corrected chi connectivity index (χ1v) is 6.40. The lowest BCUT2D eigenvalue weighted by Crippen LogP contribution is -2.13. The molecule has 0 radical (unpaired) electrons. The summed E-state index contributed by atoms with van der Waals surface area (Å²) in [6.45, 7) is 1.79. The van der Waals surface area contributed by atoms with Crippen LogP contribution in [-0.2, 0) is 0 Å². The Kier molecular flexibility index (Phi) is 3.17. The Balaban J connectivity index is 1.97. The van der Waals surface area contributed by atoms with Crippen molar-refractivity contribution in [3.05, 3.63) is 65.4 Å². The van der Waals surface area contributed by atoms with Gasteiger partial charge in [-0.1, -0.05) is 18.2 Å². The lowest BCUT2D eigenvalue weighted by molar-refractivity contribution is 0.102. The SMILES string of the molecule is Cc1[nH]c2ccccc2c1C(=O)Nc1ccc(F)c(F)c1. The van der Waals surface area contributed by atoms with E-state index in [9.17, 15) is 13.6 Å². The van der Waals surface area contributed by atoms with Gasteiger partial charge < -0.3 is 10.3 Å². The van der Waals surface area contributed by atoms with Crippen LogP contribution in [0.5, 0.6) is 0 Å². The highest BCUT2D eigenvalue weighted by molar-refractivity contribution is 6.13. The molecule has 0 aliphatic rings. The first-order valence-electron chi connectivity index (χ1n) is 6.40. The van der Waals surface area contributed by atoms with E-state index in [1.807, 2.05) is 24.3 Å². The summed E-state index contributed by atoms with van der Waals surface area (Å²) >= 11 is 0. The standard InChI is InChI=1S/C16H12F2N2O/c1-9-15(11-4-2-3-5-14(11)19-9)16(21)20-10-6-7-12(17)13(18)8-10/h2-8,19H,1H3,(H,20,21). The molecule has 0 spiro atoms. The maximum atomic E-state index is 13.2. The number of halogens is 2. The fourth-order valence-electron chi connectivity index (χ4n) is 2.34. The van der Waals surface area contributed by atoms with Gasteiger partial charge in [-0.05, 0) is 25.1 Å². The van der Waals surface area contributed by atoms with Crippen LogP contribution in [0.3, 0.4) is 0 Å². The maximum Gasteiger partial charge on any atom is 0.258 e. The summed E-state index contributed by atoms with van der Waals surface area (Å²) in [4.78, 5) is 15.5. The van der Waals surface area contributed by atoms with E-state index in [1.54, 1.807) is 6.92 Å². The van der Waals surface area contributed by atoms with Crippen LogP contribution in [0.1, 0.15) is 16.1 Å². The number of H-pyrrole nitrogens is 1. The second kappa shape index (κ2) is 5.01. The quantitative estimate of drug-likeness (QED) is 0.734. The van der Waals surface area contributed by atoms with Gasteiger partial charge in [0, 0.05) is 28.4 Å². The molecule has 106 valence electrons. The molecule has 3 rings (SSSR count). The minimum absolute atomic E-state index is 0.212. The Morgan fingerprint density at radius 2 is 1.86 bits per heavy atom. The zero-order valence-corrected chi connectivity index (χ0v) is 11.2. The number of aromatic nitrogens is 1. The van der Waals surface area contributed by atoms with Gasteiger partial charge in [0.25, 0.3) is 5.91 Å². The minimum Gasteiger partial charge on any atom is -0.358 e. The molecule has 1 aromatic heterocycles. The Labute approximate surface area is 119 Å². The average Bonchev–Trinajstić information content (AvgIpc) is 2.78. The fraction of sp³-hybridized carbons (Fsp3) is 0.0625. The molecule has 21 heavy (non-hydrogen) atoms. The predicted molar refractivity (Wildman–Crippen MR) is 77.3 cm³/mol. The van der Waals surface area contributed by atoms with Crippen LogP contribution in [0.2, 0.25) is 0 Å². The third-order valence-corrected chi connectivity index (χ3v) is 3.30. The Hall–Kier alpha value is -2.69. The Morgan fingerprint density at radius 3 is 2.62 bits per heavy atom. The van der Waals surface area contributed by atoms with Crippen molar-refractivity contribution < 1.29 is 13.6 Å². The minimum atomic E-state index is -0.997. The van der Waals surface area contributed by atoms with Crippen LogP contribution in [0.25, 0.3) is 10.9 Å². The van der Waals surface area contributed by atoms with Crippen molar-refractivity contribution in [3.8, 4) is 0 Å². The molecule has 1 amide bonds. The van der Waals surface area contributed by atoms with Gasteiger partial charge in [0.2, 0.25) is 0 Å². The second-order valence-electron chi connectivity index (χ2n) is 4.75. The van der Waals surface area contributed by atoms with E-state index < -0.39 is 11.6 Å². The van der Waals surface area contributed by atoms with Crippen molar-refractivity contribution in [1.82, 2.24) is 4.98 Å². The predicted octanol–water partition coefficient (Wildman–Crippen LogP) is 4.01. The molecular formula is C16H12F2N2O. The number of para-hydroxylation sites is 1. The van der Waals surface area contributed by atoms with Crippen LogP contribution in [-0.4, -0.2) is 10.9 Å². The number of fused-ring (bicyclic) bond motifs is 1. The lowest BCUT2D eigenvalue weighted by atomic mass is 10.1. The first kappa shape index (κ1) is 13.3. The van der Waals surface area contributed by atoms with Crippen molar-refractivity contribution in [1.29, 1.82) is 0 Å². The summed E-state index contributed by atoms with van der Waals surface area (Å²) < 4.78 is 26.1. The molecule has 2 N–H and O–H groups in total. The molecular weight excluding hydrogens is 274 g/mol. The molecule has 0 bridgehead atoms. The number of hydrogen-bond acceptors (Lipinski definition) is 1. The third kappa shape index (κ3) is 2.38. The monoisotopic (exact) mass is 286 g/mol. The number of amides is 1. The van der Waals surface area contributed by atoms with Crippen molar-refractivity contribution in [2.45, 2.75) is 6.92 Å². The number of rotatable bonds is 2. The molecule has 0 aliphatic carbocycles. The average molecular weight is 286 g/mol. The summed E-state index contributed by atoms with van der Waals surface area (Å²) in [6, 6.07) is 10.7.